The number of nitrogens with zero attached hydrogens (tertiary/aromatic N) is 3. The number of nitrogens with one attached hydrogen (secondary N) is 1. The van der Waals surface area contributed by atoms with E-state index in [0.717, 1.165) is 28.5 Å². The number of nitro groups is 1. The lowest BCUT2D eigenvalue weighted by Crippen LogP contribution is -2.32. The molecule has 3 heterocycles. The first kappa shape index (κ1) is 18.4. The largest absolute Gasteiger partial charge is 0.366 e. The fraction of sp³-hybridized carbons (Fsp3) is 0.300. The molecule has 0 saturated carbocycles. The van der Waals surface area contributed by atoms with Crippen molar-refractivity contribution in [3.63, 3.8) is 0 Å². The summed E-state index contributed by atoms with van der Waals surface area (Å²) < 4.78 is 1.45. The van der Waals surface area contributed by atoms with Gasteiger partial charge in [0.1, 0.15) is 5.15 Å². The van der Waals surface area contributed by atoms with E-state index in [4.69, 9.17) is 11.6 Å². The Morgan fingerprint density at radius 3 is 2.79 bits per heavy atom. The zero-order valence-corrected chi connectivity index (χ0v) is 16.3. The minimum Gasteiger partial charge on any atom is -0.366 e. The summed E-state index contributed by atoms with van der Waals surface area (Å²) in [5, 5.41) is 15.7. The van der Waals surface area contributed by atoms with Crippen molar-refractivity contribution in [2.45, 2.75) is 33.2 Å². The second kappa shape index (κ2) is 6.91. The van der Waals surface area contributed by atoms with Crippen molar-refractivity contribution < 1.29 is 4.92 Å². The number of benzene rings is 1. The van der Waals surface area contributed by atoms with Gasteiger partial charge in [0.05, 0.1) is 10.4 Å². The lowest BCUT2D eigenvalue weighted by molar-refractivity contribution is -0.384. The highest BCUT2D eigenvalue weighted by atomic mass is 35.5. The van der Waals surface area contributed by atoms with Gasteiger partial charge in [-0.2, -0.15) is 0 Å². The molecule has 1 aromatic carbocycles. The molecule has 0 radical (unpaired) electrons. The highest BCUT2D eigenvalue weighted by molar-refractivity contribution is 6.30. The van der Waals surface area contributed by atoms with Gasteiger partial charge in [-0.15, -0.1) is 0 Å². The molecule has 4 rings (SSSR count). The predicted molar refractivity (Wildman–Crippen MR) is 109 cm³/mol. The average molecular weight is 399 g/mol. The van der Waals surface area contributed by atoms with E-state index in [1.807, 2.05) is 32.0 Å². The van der Waals surface area contributed by atoms with Gasteiger partial charge in [-0.3, -0.25) is 19.5 Å². The van der Waals surface area contributed by atoms with Crippen LogP contribution in [0, 0.1) is 24.0 Å². The van der Waals surface area contributed by atoms with Gasteiger partial charge in [-0.05, 0) is 43.5 Å². The van der Waals surface area contributed by atoms with E-state index in [1.165, 1.54) is 10.6 Å². The summed E-state index contributed by atoms with van der Waals surface area (Å²) in [7, 11) is 0. The van der Waals surface area contributed by atoms with Crippen LogP contribution in [0.3, 0.4) is 0 Å². The van der Waals surface area contributed by atoms with Crippen molar-refractivity contribution in [3.05, 3.63) is 72.1 Å². The Morgan fingerprint density at radius 2 is 2.04 bits per heavy atom. The highest BCUT2D eigenvalue weighted by Gasteiger charge is 2.25. The van der Waals surface area contributed by atoms with E-state index in [9.17, 15) is 14.9 Å². The van der Waals surface area contributed by atoms with Crippen LogP contribution in [0.1, 0.15) is 28.7 Å². The summed E-state index contributed by atoms with van der Waals surface area (Å²) in [6.07, 6.45) is 0.930. The maximum absolute atomic E-state index is 12.9. The minimum absolute atomic E-state index is 0.0918. The third kappa shape index (κ3) is 3.11. The minimum atomic E-state index is -0.458. The molecule has 28 heavy (non-hydrogen) atoms. The number of hydrogen-bond acceptors (Lipinski definition) is 5. The van der Waals surface area contributed by atoms with Crippen molar-refractivity contribution in [2.24, 2.45) is 0 Å². The standard InChI is InChI=1S/C20H19ClN4O3/c1-11-6-12(2)17-13(7-11)8-14(18(21)23-17)9-15-10-16(25(27)28)19-22-4-3-5-24(19)20(15)26/h6-8,10,22H,3-5,9H2,1-2H3. The van der Waals surface area contributed by atoms with Crippen LogP contribution in [-0.2, 0) is 13.0 Å². The number of fused-ring (bicyclic) bond motifs is 2. The van der Waals surface area contributed by atoms with E-state index >= 15 is 0 Å². The fourth-order valence-electron chi connectivity index (χ4n) is 3.82. The monoisotopic (exact) mass is 398 g/mol. The van der Waals surface area contributed by atoms with Gasteiger partial charge < -0.3 is 5.32 Å². The number of halogens is 1. The molecule has 0 fully saturated rings. The normalized spacial score (nSPS) is 13.2. The first-order valence-electron chi connectivity index (χ1n) is 9.06. The maximum atomic E-state index is 12.9. The summed E-state index contributed by atoms with van der Waals surface area (Å²) in [4.78, 5) is 28.5. The van der Waals surface area contributed by atoms with E-state index in [1.54, 1.807) is 0 Å². The van der Waals surface area contributed by atoms with Crippen LogP contribution in [0.2, 0.25) is 5.15 Å². The third-order valence-electron chi connectivity index (χ3n) is 5.05. The number of hydrogen-bond donors (Lipinski definition) is 1. The molecule has 1 N–H and O–H groups in total. The van der Waals surface area contributed by atoms with Gasteiger partial charge in [0.15, 0.2) is 5.82 Å². The predicted octanol–water partition coefficient (Wildman–Crippen LogP) is 3.98. The van der Waals surface area contributed by atoms with Crippen LogP contribution < -0.4 is 10.9 Å². The van der Waals surface area contributed by atoms with Gasteiger partial charge in [0.2, 0.25) is 0 Å². The van der Waals surface area contributed by atoms with E-state index in [0.29, 0.717) is 29.4 Å². The fourth-order valence-corrected chi connectivity index (χ4v) is 4.03. The molecule has 1 aliphatic rings. The van der Waals surface area contributed by atoms with Crippen LogP contribution >= 0.6 is 11.6 Å². The molecule has 0 bridgehead atoms. The Kier molecular flexibility index (Phi) is 4.55. The van der Waals surface area contributed by atoms with Gasteiger partial charge in [-0.25, -0.2) is 4.98 Å². The van der Waals surface area contributed by atoms with E-state index < -0.39 is 4.92 Å². The molecule has 8 heteroatoms. The molecule has 0 amide bonds. The quantitative estimate of drug-likeness (QED) is 0.409. The first-order chi connectivity index (χ1) is 13.3. The molecule has 1 aliphatic heterocycles. The van der Waals surface area contributed by atoms with E-state index in [-0.39, 0.29) is 23.5 Å². The molecule has 2 aromatic heterocycles. The van der Waals surface area contributed by atoms with Crippen molar-refractivity contribution in [3.8, 4) is 0 Å². The Bertz CT molecular complexity index is 1190. The molecule has 7 nitrogen and oxygen atoms in total. The molecule has 144 valence electrons. The van der Waals surface area contributed by atoms with Crippen LogP contribution in [0.5, 0.6) is 0 Å². The summed E-state index contributed by atoms with van der Waals surface area (Å²) in [6.45, 7) is 5.05. The molecule has 0 unspecified atom stereocenters. The molecule has 0 atom stereocenters. The average Bonchev–Trinajstić information content (AvgIpc) is 2.65. The number of aryl methyl sites for hydroxylation is 2. The summed E-state index contributed by atoms with van der Waals surface area (Å²) in [6, 6.07) is 7.33. The summed E-state index contributed by atoms with van der Waals surface area (Å²) in [5.41, 5.74) is 3.64. The Hall–Kier alpha value is -2.93. The zero-order valence-electron chi connectivity index (χ0n) is 15.6. The summed E-state index contributed by atoms with van der Waals surface area (Å²) >= 11 is 6.40. The van der Waals surface area contributed by atoms with Gasteiger partial charge in [-0.1, -0.05) is 23.2 Å². The van der Waals surface area contributed by atoms with Crippen molar-refractivity contribution in [1.29, 1.82) is 0 Å². The van der Waals surface area contributed by atoms with Crippen molar-refractivity contribution >= 4 is 34.0 Å². The topological polar surface area (TPSA) is 90.1 Å². The first-order valence-corrected chi connectivity index (χ1v) is 9.44. The second-order valence-corrected chi connectivity index (χ2v) is 7.52. The third-order valence-corrected chi connectivity index (χ3v) is 5.38. The second-order valence-electron chi connectivity index (χ2n) is 7.17. The Balaban J connectivity index is 1.85. The van der Waals surface area contributed by atoms with Crippen LogP contribution in [0.15, 0.2) is 29.1 Å². The molecule has 0 saturated heterocycles. The van der Waals surface area contributed by atoms with Crippen molar-refractivity contribution in [2.75, 3.05) is 11.9 Å². The molecule has 3 aromatic rings. The lowest BCUT2D eigenvalue weighted by Gasteiger charge is -2.20. The number of aromatic nitrogens is 2. The molecular weight excluding hydrogens is 380 g/mol. The Labute approximate surface area is 166 Å². The zero-order chi connectivity index (χ0) is 20.0. The highest BCUT2D eigenvalue weighted by Crippen LogP contribution is 2.29. The summed E-state index contributed by atoms with van der Waals surface area (Å²) in [5.74, 6) is 0.277. The lowest BCUT2D eigenvalue weighted by atomic mass is 10.0. The number of pyridine rings is 2. The van der Waals surface area contributed by atoms with E-state index in [2.05, 4.69) is 10.3 Å². The molecule has 0 aliphatic carbocycles. The Morgan fingerprint density at radius 1 is 1.25 bits per heavy atom. The van der Waals surface area contributed by atoms with Crippen molar-refractivity contribution in [1.82, 2.24) is 9.55 Å². The molecule has 0 spiro atoms. The maximum Gasteiger partial charge on any atom is 0.310 e. The van der Waals surface area contributed by atoms with Gasteiger partial charge in [0.25, 0.3) is 5.56 Å². The van der Waals surface area contributed by atoms with Crippen LogP contribution in [-0.4, -0.2) is 21.0 Å². The SMILES string of the molecule is Cc1cc(C)c2nc(Cl)c(Cc3cc([N+](=O)[O-])c4n(c3=O)CCCN4)cc2c1. The van der Waals surface area contributed by atoms with Crippen LogP contribution in [0.25, 0.3) is 10.9 Å². The smallest absolute Gasteiger partial charge is 0.310 e. The number of rotatable bonds is 3. The van der Waals surface area contributed by atoms with Crippen LogP contribution in [0.4, 0.5) is 11.5 Å². The number of anilines is 1. The van der Waals surface area contributed by atoms with Gasteiger partial charge >= 0.3 is 5.69 Å². The van der Waals surface area contributed by atoms with Gasteiger partial charge in [0, 0.05) is 36.5 Å². The molecular formula is C20H19ClN4O3.